The fraction of sp³-hybridized carbons (Fsp3) is 0.364. The molecule has 1 rings (SSSR count). The number of hydrogen-bond donors (Lipinski definition) is 0. The third-order valence-electron chi connectivity index (χ3n) is 1.78. The van der Waals surface area contributed by atoms with Crippen LogP contribution in [0.2, 0.25) is 0 Å². The second kappa shape index (κ2) is 3.10. The molecule has 0 atom stereocenters. The van der Waals surface area contributed by atoms with Gasteiger partial charge in [-0.2, -0.15) is 5.10 Å². The molecule has 0 bridgehead atoms. The minimum atomic E-state index is -0.0349. The van der Waals surface area contributed by atoms with E-state index in [0.29, 0.717) is 0 Å². The molecule has 13 heavy (non-hydrogen) atoms. The normalized spacial score (nSPS) is 10.9. The Hall–Kier alpha value is -1.49. The summed E-state index contributed by atoms with van der Waals surface area (Å²) in [5.74, 6) is 2.58. The average molecular weight is 174 g/mol. The van der Waals surface area contributed by atoms with E-state index >= 15 is 0 Å². The van der Waals surface area contributed by atoms with Crippen LogP contribution in [0.1, 0.15) is 32.0 Å². The SMILES string of the molecule is C#Cc1cn(C(C)(C)C)nc1C=C. The standard InChI is InChI=1S/C11H14N2/c1-6-9-8-13(11(3,4)5)12-10(9)7-2/h1,7-8H,2H2,3-5H3. The lowest BCUT2D eigenvalue weighted by molar-refractivity contribution is 0.355. The maximum atomic E-state index is 5.33. The summed E-state index contributed by atoms with van der Waals surface area (Å²) in [6.45, 7) is 9.89. The molecular weight excluding hydrogens is 160 g/mol. The zero-order chi connectivity index (χ0) is 10.1. The monoisotopic (exact) mass is 174 g/mol. The fourth-order valence-corrected chi connectivity index (χ4v) is 0.993. The molecule has 0 spiro atoms. The Bertz CT molecular complexity index is 358. The minimum Gasteiger partial charge on any atom is -0.266 e. The molecule has 0 aliphatic rings. The second-order valence-corrected chi connectivity index (χ2v) is 3.89. The zero-order valence-corrected chi connectivity index (χ0v) is 8.33. The van der Waals surface area contributed by atoms with Crippen molar-refractivity contribution < 1.29 is 0 Å². The summed E-state index contributed by atoms with van der Waals surface area (Å²) in [6.07, 6.45) is 8.88. The molecule has 1 aromatic heterocycles. The van der Waals surface area contributed by atoms with Crippen LogP contribution in [0.5, 0.6) is 0 Å². The molecule has 0 radical (unpaired) electrons. The summed E-state index contributed by atoms with van der Waals surface area (Å²) in [6, 6.07) is 0. The molecule has 0 aliphatic carbocycles. The molecule has 0 saturated heterocycles. The topological polar surface area (TPSA) is 17.8 Å². The number of nitrogens with zero attached hydrogens (tertiary/aromatic N) is 2. The highest BCUT2D eigenvalue weighted by atomic mass is 15.3. The van der Waals surface area contributed by atoms with Crippen LogP contribution < -0.4 is 0 Å². The predicted octanol–water partition coefficient (Wildman–Crippen LogP) is 2.26. The molecule has 1 heterocycles. The van der Waals surface area contributed by atoms with Crippen molar-refractivity contribution in [3.05, 3.63) is 24.0 Å². The van der Waals surface area contributed by atoms with Crippen molar-refractivity contribution in [2.24, 2.45) is 0 Å². The quantitative estimate of drug-likeness (QED) is 0.597. The summed E-state index contributed by atoms with van der Waals surface area (Å²) in [4.78, 5) is 0. The van der Waals surface area contributed by atoms with Gasteiger partial charge in [0.05, 0.1) is 11.1 Å². The molecule has 1 aromatic rings. The molecule has 0 unspecified atom stereocenters. The van der Waals surface area contributed by atoms with Gasteiger partial charge in [-0.25, -0.2) is 0 Å². The van der Waals surface area contributed by atoms with Gasteiger partial charge in [0.1, 0.15) is 5.69 Å². The summed E-state index contributed by atoms with van der Waals surface area (Å²) in [5, 5.41) is 4.33. The summed E-state index contributed by atoms with van der Waals surface area (Å²) in [5.41, 5.74) is 1.54. The van der Waals surface area contributed by atoms with Gasteiger partial charge in [-0.05, 0) is 26.8 Å². The first-order chi connectivity index (χ1) is 5.99. The van der Waals surface area contributed by atoms with Crippen molar-refractivity contribution >= 4 is 6.08 Å². The van der Waals surface area contributed by atoms with Crippen molar-refractivity contribution in [2.75, 3.05) is 0 Å². The molecule has 2 heteroatoms. The van der Waals surface area contributed by atoms with E-state index in [1.54, 1.807) is 6.08 Å². The Morgan fingerprint density at radius 1 is 1.62 bits per heavy atom. The predicted molar refractivity (Wildman–Crippen MR) is 55.2 cm³/mol. The first kappa shape index (κ1) is 9.60. The Balaban J connectivity index is 3.24. The lowest BCUT2D eigenvalue weighted by atomic mass is 10.1. The second-order valence-electron chi connectivity index (χ2n) is 3.89. The Morgan fingerprint density at radius 2 is 2.23 bits per heavy atom. The van der Waals surface area contributed by atoms with Gasteiger partial charge >= 0.3 is 0 Å². The third-order valence-corrected chi connectivity index (χ3v) is 1.78. The average Bonchev–Trinajstić information content (AvgIpc) is 2.45. The first-order valence-corrected chi connectivity index (χ1v) is 4.18. The van der Waals surface area contributed by atoms with Gasteiger partial charge in [-0.3, -0.25) is 4.68 Å². The van der Waals surface area contributed by atoms with E-state index in [1.165, 1.54) is 0 Å². The van der Waals surface area contributed by atoms with Crippen molar-refractivity contribution in [3.8, 4) is 12.3 Å². The van der Waals surface area contributed by atoms with Crippen LogP contribution in [-0.4, -0.2) is 9.78 Å². The first-order valence-electron chi connectivity index (χ1n) is 4.18. The third kappa shape index (κ3) is 1.81. The molecule has 0 aromatic carbocycles. The van der Waals surface area contributed by atoms with E-state index < -0.39 is 0 Å². The lowest BCUT2D eigenvalue weighted by Crippen LogP contribution is -2.22. The van der Waals surface area contributed by atoms with E-state index in [1.807, 2.05) is 10.9 Å². The fourth-order valence-electron chi connectivity index (χ4n) is 0.993. The molecular formula is C11H14N2. The molecule has 0 fully saturated rings. The van der Waals surface area contributed by atoms with Crippen molar-refractivity contribution in [2.45, 2.75) is 26.3 Å². The van der Waals surface area contributed by atoms with Crippen LogP contribution in [-0.2, 0) is 5.54 Å². The zero-order valence-electron chi connectivity index (χ0n) is 8.33. The van der Waals surface area contributed by atoms with Gasteiger partial charge in [0.2, 0.25) is 0 Å². The highest BCUT2D eigenvalue weighted by Crippen LogP contribution is 2.16. The maximum absolute atomic E-state index is 5.33. The van der Waals surface area contributed by atoms with E-state index in [2.05, 4.69) is 38.4 Å². The molecule has 68 valence electrons. The van der Waals surface area contributed by atoms with Crippen LogP contribution in [0.25, 0.3) is 6.08 Å². The highest BCUT2D eigenvalue weighted by Gasteiger charge is 2.15. The van der Waals surface area contributed by atoms with Gasteiger partial charge in [0.15, 0.2) is 0 Å². The molecule has 2 nitrogen and oxygen atoms in total. The van der Waals surface area contributed by atoms with Crippen molar-refractivity contribution in [1.29, 1.82) is 0 Å². The van der Waals surface area contributed by atoms with Crippen molar-refractivity contribution in [1.82, 2.24) is 9.78 Å². The Morgan fingerprint density at radius 3 is 2.54 bits per heavy atom. The molecule has 0 N–H and O–H groups in total. The van der Waals surface area contributed by atoms with Gasteiger partial charge < -0.3 is 0 Å². The van der Waals surface area contributed by atoms with Gasteiger partial charge in [0.25, 0.3) is 0 Å². The number of terminal acetylenes is 1. The van der Waals surface area contributed by atoms with Crippen molar-refractivity contribution in [3.63, 3.8) is 0 Å². The Kier molecular flexibility index (Phi) is 2.29. The highest BCUT2D eigenvalue weighted by molar-refractivity contribution is 5.52. The van der Waals surface area contributed by atoms with Crippen LogP contribution >= 0.6 is 0 Å². The van der Waals surface area contributed by atoms with Gasteiger partial charge in [0, 0.05) is 6.20 Å². The largest absolute Gasteiger partial charge is 0.266 e. The van der Waals surface area contributed by atoms with Crippen LogP contribution in [0, 0.1) is 12.3 Å². The van der Waals surface area contributed by atoms with E-state index in [-0.39, 0.29) is 5.54 Å². The van der Waals surface area contributed by atoms with Crippen LogP contribution in [0.3, 0.4) is 0 Å². The summed E-state index contributed by atoms with van der Waals surface area (Å²) < 4.78 is 1.86. The summed E-state index contributed by atoms with van der Waals surface area (Å²) >= 11 is 0. The number of aromatic nitrogens is 2. The maximum Gasteiger partial charge on any atom is 0.100 e. The minimum absolute atomic E-state index is 0.0349. The lowest BCUT2D eigenvalue weighted by Gasteiger charge is -2.18. The Labute approximate surface area is 79.3 Å². The molecule has 0 saturated carbocycles. The smallest absolute Gasteiger partial charge is 0.100 e. The van der Waals surface area contributed by atoms with E-state index in [9.17, 15) is 0 Å². The van der Waals surface area contributed by atoms with Crippen LogP contribution in [0.4, 0.5) is 0 Å². The van der Waals surface area contributed by atoms with Gasteiger partial charge in [-0.15, -0.1) is 6.42 Å². The van der Waals surface area contributed by atoms with Crippen LogP contribution in [0.15, 0.2) is 12.8 Å². The van der Waals surface area contributed by atoms with E-state index in [4.69, 9.17) is 6.42 Å². The molecule has 0 amide bonds. The van der Waals surface area contributed by atoms with Gasteiger partial charge in [-0.1, -0.05) is 12.5 Å². The number of rotatable bonds is 1. The van der Waals surface area contributed by atoms with E-state index in [0.717, 1.165) is 11.3 Å². The summed E-state index contributed by atoms with van der Waals surface area (Å²) in [7, 11) is 0. The molecule has 0 aliphatic heterocycles. The number of hydrogen-bond acceptors (Lipinski definition) is 1.